The van der Waals surface area contributed by atoms with E-state index in [9.17, 15) is 27.5 Å². The summed E-state index contributed by atoms with van der Waals surface area (Å²) in [6.45, 7) is 3.26. The summed E-state index contributed by atoms with van der Waals surface area (Å²) < 4.78 is 34.9. The highest BCUT2D eigenvalue weighted by molar-refractivity contribution is 7.78. The fourth-order valence-corrected chi connectivity index (χ4v) is 6.13. The van der Waals surface area contributed by atoms with E-state index < -0.39 is 11.1 Å². The number of aromatic nitrogens is 1. The molecule has 0 radical (unpaired) electrons. The Morgan fingerprint density at radius 3 is 2.09 bits per heavy atom. The Morgan fingerprint density at radius 1 is 0.860 bits per heavy atom. The number of benzene rings is 2. The number of rotatable bonds is 9. The maximum atomic E-state index is 13.1. The third-order valence-electron chi connectivity index (χ3n) is 8.16. The van der Waals surface area contributed by atoms with Gasteiger partial charge in [0.2, 0.25) is 0 Å². The zero-order chi connectivity index (χ0) is 30.3. The summed E-state index contributed by atoms with van der Waals surface area (Å²) in [5.41, 5.74) is 2.87. The fourth-order valence-electron chi connectivity index (χ4n) is 5.66. The number of carbonyl (C=O) groups excluding carboxylic acids is 3. The first-order valence-corrected chi connectivity index (χ1v) is 15.7. The van der Waals surface area contributed by atoms with Gasteiger partial charge in [0.15, 0.2) is 5.78 Å². The molecule has 2 aliphatic heterocycles. The third kappa shape index (κ3) is 8.19. The van der Waals surface area contributed by atoms with Gasteiger partial charge in [0.1, 0.15) is 11.5 Å². The number of carbonyl (C=O) groups is 3. The molecule has 5 rings (SSSR count). The molecule has 1 unspecified atom stereocenters. The molecule has 2 aromatic carbocycles. The average Bonchev–Trinajstić information content (AvgIpc) is 3.02. The van der Waals surface area contributed by atoms with E-state index in [1.165, 1.54) is 18.3 Å². The smallest absolute Gasteiger partial charge is 0.270 e. The Balaban J connectivity index is 1.06. The summed E-state index contributed by atoms with van der Waals surface area (Å²) in [5, 5.41) is 3.05. The number of nitrogens with zero attached hydrogens (tertiary/aromatic N) is 3. The number of halogens is 1. The topological polar surface area (TPSA) is 123 Å². The SMILES string of the molecule is O=C(NC1CCN(Cc2ccc(F)cc2)CC1)c1ccc(C(=O)N2CCC(C(=O)c3ccc(CS(=O)[O-])cc3)CC2)cn1. The molecule has 0 saturated carbocycles. The zero-order valence-electron chi connectivity index (χ0n) is 23.7. The van der Waals surface area contributed by atoms with Crippen molar-refractivity contribution in [3.63, 3.8) is 0 Å². The van der Waals surface area contributed by atoms with E-state index in [0.29, 0.717) is 42.6 Å². The second-order valence-corrected chi connectivity index (χ2v) is 12.1. The predicted molar refractivity (Wildman–Crippen MR) is 158 cm³/mol. The minimum absolute atomic E-state index is 0.00233. The first kappa shape index (κ1) is 30.7. The average molecular weight is 606 g/mol. The second-order valence-electron chi connectivity index (χ2n) is 11.2. The monoisotopic (exact) mass is 605 g/mol. The Morgan fingerprint density at radius 2 is 1.49 bits per heavy atom. The summed E-state index contributed by atoms with van der Waals surface area (Å²) in [6.07, 6.45) is 4.10. The van der Waals surface area contributed by atoms with Crippen LogP contribution in [-0.4, -0.2) is 73.4 Å². The molecule has 0 spiro atoms. The number of likely N-dealkylation sites (tertiary alicyclic amines) is 2. The summed E-state index contributed by atoms with van der Waals surface area (Å²) >= 11 is -2.18. The number of hydrogen-bond donors (Lipinski definition) is 1. The molecule has 3 aromatic rings. The van der Waals surface area contributed by atoms with Crippen LogP contribution in [0.25, 0.3) is 0 Å². The van der Waals surface area contributed by atoms with Crippen molar-refractivity contribution < 1.29 is 27.5 Å². The Bertz CT molecular complexity index is 1450. The molecule has 226 valence electrons. The molecule has 2 aliphatic rings. The number of hydrogen-bond acceptors (Lipinski definition) is 7. The molecular formula is C32H34FN4O5S-. The van der Waals surface area contributed by atoms with Crippen molar-refractivity contribution in [3.05, 3.63) is 101 Å². The summed E-state index contributed by atoms with van der Waals surface area (Å²) in [6, 6.07) is 16.3. The van der Waals surface area contributed by atoms with Gasteiger partial charge in [-0.15, -0.1) is 0 Å². The summed E-state index contributed by atoms with van der Waals surface area (Å²) in [5.74, 6) is -1.00. The summed E-state index contributed by atoms with van der Waals surface area (Å²) in [4.78, 5) is 47.1. The lowest BCUT2D eigenvalue weighted by Crippen LogP contribution is -2.44. The molecule has 0 bridgehead atoms. The Kier molecular flexibility index (Phi) is 10.1. The Hall–Kier alpha value is -3.80. The quantitative estimate of drug-likeness (QED) is 0.291. The fraction of sp³-hybridized carbons (Fsp3) is 0.375. The largest absolute Gasteiger partial charge is 0.772 e. The standard InChI is InChI=1S/C32H35FN4O5S/c33-27-8-3-22(4-9-27)20-36-15-13-28(14-16-36)35-31(39)29-10-7-26(19-34-29)32(40)37-17-11-25(12-18-37)30(38)24-5-1-23(2-6-24)21-43(41)42/h1-10,19,25,28H,11-18,20-21H2,(H,35,39)(H,41,42)/p-1. The highest BCUT2D eigenvalue weighted by Crippen LogP contribution is 2.24. The van der Waals surface area contributed by atoms with Gasteiger partial charge >= 0.3 is 0 Å². The summed E-state index contributed by atoms with van der Waals surface area (Å²) in [7, 11) is 0. The minimum Gasteiger partial charge on any atom is -0.772 e. The van der Waals surface area contributed by atoms with Crippen LogP contribution in [0, 0.1) is 11.7 Å². The Labute approximate surface area is 252 Å². The van der Waals surface area contributed by atoms with Gasteiger partial charge < -0.3 is 14.8 Å². The molecule has 2 amide bonds. The van der Waals surface area contributed by atoms with Gasteiger partial charge in [0.25, 0.3) is 11.8 Å². The van der Waals surface area contributed by atoms with E-state index in [2.05, 4.69) is 15.2 Å². The molecule has 1 N–H and O–H groups in total. The molecule has 0 aliphatic carbocycles. The van der Waals surface area contributed by atoms with Crippen molar-refractivity contribution in [1.82, 2.24) is 20.1 Å². The molecule has 11 heteroatoms. The molecule has 2 fully saturated rings. The molecule has 3 heterocycles. The second kappa shape index (κ2) is 14.1. The van der Waals surface area contributed by atoms with Crippen LogP contribution in [0.3, 0.4) is 0 Å². The van der Waals surface area contributed by atoms with Gasteiger partial charge in [-0.3, -0.25) is 28.5 Å². The van der Waals surface area contributed by atoms with Crippen LogP contribution >= 0.6 is 0 Å². The highest BCUT2D eigenvalue weighted by Gasteiger charge is 2.29. The van der Waals surface area contributed by atoms with Crippen molar-refractivity contribution in [2.24, 2.45) is 5.92 Å². The van der Waals surface area contributed by atoms with Crippen LogP contribution in [0.4, 0.5) is 4.39 Å². The van der Waals surface area contributed by atoms with Gasteiger partial charge in [-0.1, -0.05) is 47.5 Å². The van der Waals surface area contributed by atoms with E-state index in [4.69, 9.17) is 0 Å². The number of nitrogens with one attached hydrogen (secondary N) is 1. The number of piperidine rings is 2. The van der Waals surface area contributed by atoms with E-state index >= 15 is 0 Å². The van der Waals surface area contributed by atoms with E-state index in [1.54, 1.807) is 53.4 Å². The highest BCUT2D eigenvalue weighted by atomic mass is 32.2. The molecular weight excluding hydrogens is 571 g/mol. The van der Waals surface area contributed by atoms with Crippen molar-refractivity contribution in [2.75, 3.05) is 26.2 Å². The molecule has 1 atom stereocenters. The lowest BCUT2D eigenvalue weighted by molar-refractivity contribution is 0.0649. The lowest BCUT2D eigenvalue weighted by Gasteiger charge is -2.32. The van der Waals surface area contributed by atoms with E-state index in [-0.39, 0.29) is 46.8 Å². The van der Waals surface area contributed by atoms with Crippen molar-refractivity contribution in [3.8, 4) is 0 Å². The van der Waals surface area contributed by atoms with Crippen LogP contribution in [0.1, 0.15) is 68.0 Å². The number of ketones is 1. The number of Topliss-reactive ketones (excluding diaryl/α,β-unsaturated/α-hetero) is 1. The van der Waals surface area contributed by atoms with Gasteiger partial charge in [-0.05, 0) is 61.1 Å². The molecule has 9 nitrogen and oxygen atoms in total. The third-order valence-corrected chi connectivity index (χ3v) is 8.73. The predicted octanol–water partition coefficient (Wildman–Crippen LogP) is 3.73. The van der Waals surface area contributed by atoms with Crippen molar-refractivity contribution in [2.45, 2.75) is 44.0 Å². The lowest BCUT2D eigenvalue weighted by atomic mass is 9.88. The number of pyridine rings is 1. The maximum absolute atomic E-state index is 13.1. The minimum atomic E-state index is -2.18. The van der Waals surface area contributed by atoms with Crippen LogP contribution in [0.5, 0.6) is 0 Å². The van der Waals surface area contributed by atoms with Gasteiger partial charge in [0, 0.05) is 62.2 Å². The van der Waals surface area contributed by atoms with Crippen molar-refractivity contribution in [1.29, 1.82) is 0 Å². The van der Waals surface area contributed by atoms with Crippen molar-refractivity contribution >= 4 is 28.7 Å². The first-order chi connectivity index (χ1) is 20.7. The van der Waals surface area contributed by atoms with Crippen LogP contribution in [0.15, 0.2) is 66.9 Å². The van der Waals surface area contributed by atoms with E-state index in [1.807, 2.05) is 0 Å². The molecule has 1 aromatic heterocycles. The molecule has 43 heavy (non-hydrogen) atoms. The number of amides is 2. The van der Waals surface area contributed by atoms with Crippen LogP contribution < -0.4 is 5.32 Å². The van der Waals surface area contributed by atoms with E-state index in [0.717, 1.165) is 38.0 Å². The zero-order valence-corrected chi connectivity index (χ0v) is 24.6. The maximum Gasteiger partial charge on any atom is 0.270 e. The first-order valence-electron chi connectivity index (χ1n) is 14.5. The van der Waals surface area contributed by atoms with Gasteiger partial charge in [-0.25, -0.2) is 4.39 Å². The molecule has 2 saturated heterocycles. The van der Waals surface area contributed by atoms with Gasteiger partial charge in [0.05, 0.1) is 5.56 Å². The normalized spacial score (nSPS) is 17.4. The van der Waals surface area contributed by atoms with Crippen LogP contribution in [0.2, 0.25) is 0 Å². The van der Waals surface area contributed by atoms with Gasteiger partial charge in [-0.2, -0.15) is 0 Å². The van der Waals surface area contributed by atoms with Crippen LogP contribution in [-0.2, 0) is 23.4 Å².